The molecule has 1 unspecified atom stereocenters. The van der Waals surface area contributed by atoms with Gasteiger partial charge < -0.3 is 5.11 Å². The van der Waals surface area contributed by atoms with E-state index in [0.29, 0.717) is 18.8 Å². The van der Waals surface area contributed by atoms with Gasteiger partial charge in [-0.2, -0.15) is 0 Å². The van der Waals surface area contributed by atoms with Gasteiger partial charge in [0.1, 0.15) is 0 Å². The van der Waals surface area contributed by atoms with Gasteiger partial charge in [0.2, 0.25) is 0 Å². The predicted octanol–water partition coefficient (Wildman–Crippen LogP) is 2.92. The zero-order valence-electron chi connectivity index (χ0n) is 9.36. The fourth-order valence-corrected chi connectivity index (χ4v) is 2.34. The average molecular weight is 227 g/mol. The first-order valence-corrected chi connectivity index (χ1v) is 6.09. The third-order valence-corrected chi connectivity index (χ3v) is 3.31. The second kappa shape index (κ2) is 5.26. The number of aliphatic carboxylic acids is 1. The number of carboxylic acids is 1. The molecule has 1 heterocycles. The van der Waals surface area contributed by atoms with Gasteiger partial charge in [0.15, 0.2) is 0 Å². The fourth-order valence-electron chi connectivity index (χ4n) is 1.30. The van der Waals surface area contributed by atoms with Gasteiger partial charge in [-0.1, -0.05) is 20.8 Å². The topological polar surface area (TPSA) is 50.2 Å². The molecule has 1 rings (SSSR count). The highest BCUT2D eigenvalue weighted by atomic mass is 32.1. The van der Waals surface area contributed by atoms with E-state index in [0.717, 1.165) is 10.7 Å². The Morgan fingerprint density at radius 1 is 1.60 bits per heavy atom. The predicted molar refractivity (Wildman–Crippen MR) is 61.3 cm³/mol. The molecule has 0 bridgehead atoms. The molecule has 0 aliphatic carbocycles. The molecule has 1 N–H and O–H groups in total. The molecule has 0 aliphatic rings. The van der Waals surface area contributed by atoms with Crippen LogP contribution in [0.2, 0.25) is 0 Å². The van der Waals surface area contributed by atoms with Crippen LogP contribution in [0.4, 0.5) is 0 Å². The van der Waals surface area contributed by atoms with Crippen LogP contribution >= 0.6 is 11.3 Å². The van der Waals surface area contributed by atoms with E-state index in [1.54, 1.807) is 11.3 Å². The minimum absolute atomic E-state index is 0.295. The molecule has 15 heavy (non-hydrogen) atoms. The lowest BCUT2D eigenvalue weighted by Gasteiger charge is -2.06. The lowest BCUT2D eigenvalue weighted by atomic mass is 10.0. The standard InChI is InChI=1S/C11H17NO2S/c1-4-8(11(13)14)5-10-12-9(6-15-10)7(2)3/h6-8H,4-5H2,1-3H3,(H,13,14). The number of hydrogen-bond donors (Lipinski definition) is 1. The number of thiazole rings is 1. The second-order valence-electron chi connectivity index (χ2n) is 3.97. The molecule has 84 valence electrons. The average Bonchev–Trinajstić information content (AvgIpc) is 2.61. The molecule has 0 saturated carbocycles. The minimum atomic E-state index is -0.723. The van der Waals surface area contributed by atoms with Crippen molar-refractivity contribution < 1.29 is 9.90 Å². The number of nitrogens with zero attached hydrogens (tertiary/aromatic N) is 1. The van der Waals surface area contributed by atoms with Gasteiger partial charge in [-0.3, -0.25) is 4.79 Å². The number of hydrogen-bond acceptors (Lipinski definition) is 3. The molecule has 0 aromatic carbocycles. The Bertz CT molecular complexity index is 333. The molecule has 0 radical (unpaired) electrons. The van der Waals surface area contributed by atoms with Crippen molar-refractivity contribution in [2.24, 2.45) is 5.92 Å². The fraction of sp³-hybridized carbons (Fsp3) is 0.636. The van der Waals surface area contributed by atoms with Crippen molar-refractivity contribution in [1.82, 2.24) is 4.98 Å². The highest BCUT2D eigenvalue weighted by Gasteiger charge is 2.17. The Morgan fingerprint density at radius 3 is 2.67 bits per heavy atom. The van der Waals surface area contributed by atoms with Crippen molar-refractivity contribution in [2.75, 3.05) is 0 Å². The first-order valence-electron chi connectivity index (χ1n) is 5.21. The van der Waals surface area contributed by atoms with Crippen LogP contribution in [-0.4, -0.2) is 16.1 Å². The summed E-state index contributed by atoms with van der Waals surface area (Å²) < 4.78 is 0. The largest absolute Gasteiger partial charge is 0.481 e. The summed E-state index contributed by atoms with van der Waals surface area (Å²) in [6.07, 6.45) is 1.22. The zero-order chi connectivity index (χ0) is 11.4. The summed E-state index contributed by atoms with van der Waals surface area (Å²) in [5.74, 6) is -0.602. The molecule has 0 fully saturated rings. The first kappa shape index (κ1) is 12.2. The molecule has 3 nitrogen and oxygen atoms in total. The van der Waals surface area contributed by atoms with Gasteiger partial charge in [-0.05, 0) is 12.3 Å². The summed E-state index contributed by atoms with van der Waals surface area (Å²) in [6.45, 7) is 6.08. The Morgan fingerprint density at radius 2 is 2.27 bits per heavy atom. The van der Waals surface area contributed by atoms with Crippen molar-refractivity contribution in [3.05, 3.63) is 16.1 Å². The summed E-state index contributed by atoms with van der Waals surface area (Å²) in [4.78, 5) is 15.3. The van der Waals surface area contributed by atoms with E-state index in [2.05, 4.69) is 18.8 Å². The smallest absolute Gasteiger partial charge is 0.306 e. The maximum atomic E-state index is 10.9. The molecule has 4 heteroatoms. The molecule has 0 aliphatic heterocycles. The van der Waals surface area contributed by atoms with Crippen LogP contribution in [0.15, 0.2) is 5.38 Å². The Hall–Kier alpha value is -0.900. The molecular weight excluding hydrogens is 210 g/mol. The van der Waals surface area contributed by atoms with Gasteiger partial charge in [0.25, 0.3) is 0 Å². The van der Waals surface area contributed by atoms with Crippen LogP contribution in [0.25, 0.3) is 0 Å². The van der Waals surface area contributed by atoms with Crippen molar-refractivity contribution >= 4 is 17.3 Å². The monoisotopic (exact) mass is 227 g/mol. The second-order valence-corrected chi connectivity index (χ2v) is 4.91. The van der Waals surface area contributed by atoms with Gasteiger partial charge in [-0.15, -0.1) is 11.3 Å². The van der Waals surface area contributed by atoms with Crippen molar-refractivity contribution in [1.29, 1.82) is 0 Å². The van der Waals surface area contributed by atoms with E-state index in [9.17, 15) is 4.79 Å². The first-order chi connectivity index (χ1) is 7.04. The van der Waals surface area contributed by atoms with Crippen LogP contribution in [0.1, 0.15) is 43.8 Å². The summed E-state index contributed by atoms with van der Waals surface area (Å²) in [6, 6.07) is 0. The van der Waals surface area contributed by atoms with Crippen LogP contribution in [0.3, 0.4) is 0 Å². The lowest BCUT2D eigenvalue weighted by molar-refractivity contribution is -0.141. The molecule has 0 spiro atoms. The summed E-state index contributed by atoms with van der Waals surface area (Å²) >= 11 is 1.56. The van der Waals surface area contributed by atoms with Crippen LogP contribution < -0.4 is 0 Å². The molecule has 1 aromatic rings. The van der Waals surface area contributed by atoms with E-state index in [1.807, 2.05) is 12.3 Å². The van der Waals surface area contributed by atoms with Gasteiger partial charge in [0.05, 0.1) is 16.6 Å². The molecular formula is C11H17NO2S. The third-order valence-electron chi connectivity index (χ3n) is 2.42. The molecule has 1 aromatic heterocycles. The Labute approximate surface area is 94.2 Å². The normalized spacial score (nSPS) is 13.1. The molecule has 1 atom stereocenters. The Kier molecular flexibility index (Phi) is 4.27. The molecule has 0 saturated heterocycles. The van der Waals surface area contributed by atoms with Crippen LogP contribution in [0.5, 0.6) is 0 Å². The van der Waals surface area contributed by atoms with E-state index in [-0.39, 0.29) is 5.92 Å². The van der Waals surface area contributed by atoms with E-state index < -0.39 is 5.97 Å². The van der Waals surface area contributed by atoms with Crippen LogP contribution in [0, 0.1) is 5.92 Å². The van der Waals surface area contributed by atoms with Crippen LogP contribution in [-0.2, 0) is 11.2 Å². The third kappa shape index (κ3) is 3.30. The highest BCUT2D eigenvalue weighted by molar-refractivity contribution is 7.09. The lowest BCUT2D eigenvalue weighted by Crippen LogP contribution is -2.15. The van der Waals surface area contributed by atoms with Crippen molar-refractivity contribution in [3.63, 3.8) is 0 Å². The highest BCUT2D eigenvalue weighted by Crippen LogP contribution is 2.21. The Balaban J connectivity index is 2.67. The summed E-state index contributed by atoms with van der Waals surface area (Å²) in [5.41, 5.74) is 1.07. The quantitative estimate of drug-likeness (QED) is 0.841. The van der Waals surface area contributed by atoms with E-state index in [1.165, 1.54) is 0 Å². The zero-order valence-corrected chi connectivity index (χ0v) is 10.2. The van der Waals surface area contributed by atoms with E-state index in [4.69, 9.17) is 5.11 Å². The number of aromatic nitrogens is 1. The van der Waals surface area contributed by atoms with Crippen molar-refractivity contribution in [3.8, 4) is 0 Å². The van der Waals surface area contributed by atoms with Gasteiger partial charge in [-0.25, -0.2) is 4.98 Å². The van der Waals surface area contributed by atoms with E-state index >= 15 is 0 Å². The number of carboxylic acid groups (broad SMARTS) is 1. The van der Waals surface area contributed by atoms with Crippen molar-refractivity contribution in [2.45, 2.75) is 39.5 Å². The maximum Gasteiger partial charge on any atom is 0.306 e. The minimum Gasteiger partial charge on any atom is -0.481 e. The van der Waals surface area contributed by atoms with Gasteiger partial charge >= 0.3 is 5.97 Å². The summed E-state index contributed by atoms with van der Waals surface area (Å²) in [5, 5.41) is 11.9. The SMILES string of the molecule is CCC(Cc1nc(C(C)C)cs1)C(=O)O. The maximum absolute atomic E-state index is 10.9. The van der Waals surface area contributed by atoms with Gasteiger partial charge in [0, 0.05) is 11.8 Å². The number of rotatable bonds is 5. The number of carbonyl (C=O) groups is 1. The molecule has 0 amide bonds. The summed E-state index contributed by atoms with van der Waals surface area (Å²) in [7, 11) is 0.